The van der Waals surface area contributed by atoms with Gasteiger partial charge in [-0.2, -0.15) is 0 Å². The van der Waals surface area contributed by atoms with Gasteiger partial charge in [-0.15, -0.1) is 0 Å². The van der Waals surface area contributed by atoms with Crippen LogP contribution in [0.2, 0.25) is 0 Å². The highest BCUT2D eigenvalue weighted by Crippen LogP contribution is 2.30. The van der Waals surface area contributed by atoms with E-state index in [1.54, 1.807) is 13.3 Å². The molecule has 162 valence electrons. The van der Waals surface area contributed by atoms with Crippen molar-refractivity contribution in [2.45, 2.75) is 38.8 Å². The summed E-state index contributed by atoms with van der Waals surface area (Å²) in [6.07, 6.45) is 3.50. The minimum absolute atomic E-state index is 0.0874. The molecule has 0 saturated carbocycles. The predicted octanol–water partition coefficient (Wildman–Crippen LogP) is 4.19. The van der Waals surface area contributed by atoms with Crippen molar-refractivity contribution in [3.8, 4) is 0 Å². The molecule has 1 saturated heterocycles. The van der Waals surface area contributed by atoms with Crippen molar-refractivity contribution in [3.05, 3.63) is 58.9 Å². The van der Waals surface area contributed by atoms with Gasteiger partial charge in [-0.25, -0.2) is 9.78 Å². The Hall–Kier alpha value is -3.19. The summed E-state index contributed by atoms with van der Waals surface area (Å²) in [7, 11) is 3.85. The van der Waals surface area contributed by atoms with E-state index in [4.69, 9.17) is 4.98 Å². The Balaban J connectivity index is 1.42. The molecule has 3 aromatic rings. The lowest BCUT2D eigenvalue weighted by Gasteiger charge is -2.36. The Morgan fingerprint density at radius 1 is 1.23 bits per heavy atom. The molecule has 7 nitrogen and oxygen atoms in total. The number of piperidine rings is 1. The van der Waals surface area contributed by atoms with E-state index >= 15 is 0 Å². The van der Waals surface area contributed by atoms with Gasteiger partial charge in [0.1, 0.15) is 5.82 Å². The Labute approximate surface area is 183 Å². The third kappa shape index (κ3) is 4.77. The molecule has 1 aromatic heterocycles. The second-order valence-electron chi connectivity index (χ2n) is 8.40. The van der Waals surface area contributed by atoms with E-state index in [1.165, 1.54) is 11.1 Å². The number of aliphatic imine (C=N–C) groups is 1. The number of urea groups is 1. The van der Waals surface area contributed by atoms with Crippen molar-refractivity contribution in [3.63, 3.8) is 0 Å². The summed E-state index contributed by atoms with van der Waals surface area (Å²) in [5, 5.41) is 6.06. The molecule has 0 radical (unpaired) electrons. The van der Waals surface area contributed by atoms with E-state index in [0.29, 0.717) is 0 Å². The average Bonchev–Trinajstić information content (AvgIpc) is 3.14. The van der Waals surface area contributed by atoms with Crippen LogP contribution < -0.4 is 10.6 Å². The van der Waals surface area contributed by atoms with Gasteiger partial charge in [-0.05, 0) is 74.7 Å². The lowest BCUT2D eigenvalue weighted by atomic mass is 9.97. The van der Waals surface area contributed by atoms with Crippen LogP contribution in [0, 0.1) is 13.8 Å². The molecule has 2 amide bonds. The summed E-state index contributed by atoms with van der Waals surface area (Å²) in [4.78, 5) is 27.2. The molecule has 31 heavy (non-hydrogen) atoms. The first kappa shape index (κ1) is 21.1. The topological polar surface area (TPSA) is 85.4 Å². The first-order chi connectivity index (χ1) is 14.9. The zero-order valence-electron chi connectivity index (χ0n) is 18.6. The number of fused-ring (bicyclic) bond motifs is 1. The number of amides is 2. The number of rotatable bonds is 4. The van der Waals surface area contributed by atoms with Gasteiger partial charge in [0.25, 0.3) is 0 Å². The number of aromatic amines is 1. The van der Waals surface area contributed by atoms with Crippen molar-refractivity contribution in [2.75, 3.05) is 26.0 Å². The van der Waals surface area contributed by atoms with E-state index in [-0.39, 0.29) is 18.1 Å². The molecule has 0 unspecified atom stereocenters. The molecule has 2 aromatic carbocycles. The van der Waals surface area contributed by atoms with E-state index in [0.717, 1.165) is 47.5 Å². The third-order valence-electron chi connectivity index (χ3n) is 6.08. The van der Waals surface area contributed by atoms with Crippen LogP contribution in [-0.4, -0.2) is 53.8 Å². The van der Waals surface area contributed by atoms with Crippen LogP contribution >= 0.6 is 0 Å². The van der Waals surface area contributed by atoms with E-state index in [2.05, 4.69) is 58.5 Å². The number of benzene rings is 2. The second-order valence-corrected chi connectivity index (χ2v) is 8.40. The summed E-state index contributed by atoms with van der Waals surface area (Å²) in [5.41, 5.74) is 6.33. The molecule has 2 heterocycles. The van der Waals surface area contributed by atoms with Crippen LogP contribution in [0.3, 0.4) is 0 Å². The number of carbonyl (C=O) groups is 1. The number of aryl methyl sites for hydroxylation is 2. The summed E-state index contributed by atoms with van der Waals surface area (Å²) in [5.74, 6) is 0.961. The lowest BCUT2D eigenvalue weighted by Crippen LogP contribution is -2.46. The normalized spacial score (nSPS) is 19.7. The zero-order valence-corrected chi connectivity index (χ0v) is 18.6. The molecule has 1 aliphatic rings. The number of anilines is 1. The summed E-state index contributed by atoms with van der Waals surface area (Å²) < 4.78 is 0. The van der Waals surface area contributed by atoms with Crippen LogP contribution in [0.4, 0.5) is 10.5 Å². The van der Waals surface area contributed by atoms with Crippen molar-refractivity contribution in [1.29, 1.82) is 0 Å². The largest absolute Gasteiger partial charge is 0.341 e. The Bertz CT molecular complexity index is 1060. The Kier molecular flexibility index (Phi) is 6.04. The molecule has 0 aliphatic carbocycles. The van der Waals surface area contributed by atoms with E-state index in [1.807, 2.05) is 24.3 Å². The van der Waals surface area contributed by atoms with Crippen molar-refractivity contribution in [2.24, 2.45) is 4.99 Å². The molecule has 3 N–H and O–H groups in total. The fourth-order valence-corrected chi connectivity index (χ4v) is 4.14. The predicted molar refractivity (Wildman–Crippen MR) is 126 cm³/mol. The van der Waals surface area contributed by atoms with Gasteiger partial charge in [-0.3, -0.25) is 9.89 Å². The highest BCUT2D eigenvalue weighted by molar-refractivity contribution is 5.90. The molecular formula is C24H30N6O. The molecule has 1 aliphatic heterocycles. The van der Waals surface area contributed by atoms with Gasteiger partial charge < -0.3 is 15.6 Å². The minimum atomic E-state index is -0.180. The second kappa shape index (κ2) is 8.89. The number of hydrogen-bond donors (Lipinski definition) is 3. The maximum atomic E-state index is 12.5. The first-order valence-corrected chi connectivity index (χ1v) is 10.7. The number of carbonyl (C=O) groups excluding carboxylic acids is 1. The molecular weight excluding hydrogens is 388 g/mol. The quantitative estimate of drug-likeness (QED) is 0.556. The van der Waals surface area contributed by atoms with Gasteiger partial charge in [0.15, 0.2) is 0 Å². The van der Waals surface area contributed by atoms with Gasteiger partial charge in [0, 0.05) is 31.5 Å². The van der Waals surface area contributed by atoms with Gasteiger partial charge in [0.2, 0.25) is 0 Å². The fraction of sp³-hybridized carbons (Fsp3) is 0.375. The number of nitrogens with zero attached hydrogens (tertiary/aromatic N) is 3. The van der Waals surface area contributed by atoms with Crippen LogP contribution in [0.5, 0.6) is 0 Å². The summed E-state index contributed by atoms with van der Waals surface area (Å²) >= 11 is 0. The third-order valence-corrected chi connectivity index (χ3v) is 6.08. The summed E-state index contributed by atoms with van der Waals surface area (Å²) in [6.45, 7) is 5.13. The minimum Gasteiger partial charge on any atom is -0.341 e. The molecule has 1 fully saturated rings. The highest BCUT2D eigenvalue weighted by atomic mass is 16.2. The number of imidazole rings is 1. The highest BCUT2D eigenvalue weighted by Gasteiger charge is 2.30. The molecule has 0 bridgehead atoms. The standard InChI is InChI=1S/C24H30N6O/c1-15-11-20-21(12-16(15)2)29-23(28-20)22-13-19(9-10-30(22)4)27-24(31)26-18-7-5-17(6-8-18)14-25-3/h5-8,11-12,14,19,22H,9-10,13H2,1-4H3,(H,28,29)(H2,26,27,31)/t19-,22-/m1/s1. The SMILES string of the molecule is CN=Cc1ccc(NC(=O)N[C@@H]2CCN(C)[C@@H](c3nc4cc(C)c(C)cc4[nH]3)C2)cc1. The van der Waals surface area contributed by atoms with Crippen LogP contribution in [0.1, 0.15) is 41.4 Å². The summed E-state index contributed by atoms with van der Waals surface area (Å²) in [6, 6.07) is 12.0. The zero-order chi connectivity index (χ0) is 22.0. The number of nitrogens with one attached hydrogen (secondary N) is 3. The van der Waals surface area contributed by atoms with Crippen molar-refractivity contribution >= 4 is 29.0 Å². The Morgan fingerprint density at radius 2 is 1.97 bits per heavy atom. The van der Waals surface area contributed by atoms with Gasteiger partial charge in [0.05, 0.1) is 17.1 Å². The molecule has 0 spiro atoms. The number of H-pyrrole nitrogens is 1. The Morgan fingerprint density at radius 3 is 2.71 bits per heavy atom. The van der Waals surface area contributed by atoms with E-state index < -0.39 is 0 Å². The molecule has 4 rings (SSSR count). The first-order valence-electron chi connectivity index (χ1n) is 10.7. The number of likely N-dealkylation sites (tertiary alicyclic amines) is 1. The van der Waals surface area contributed by atoms with Crippen LogP contribution in [0.25, 0.3) is 11.0 Å². The van der Waals surface area contributed by atoms with Crippen molar-refractivity contribution in [1.82, 2.24) is 20.2 Å². The fourth-order valence-electron chi connectivity index (χ4n) is 4.14. The number of hydrogen-bond acceptors (Lipinski definition) is 4. The van der Waals surface area contributed by atoms with Crippen LogP contribution in [-0.2, 0) is 0 Å². The maximum Gasteiger partial charge on any atom is 0.319 e. The average molecular weight is 419 g/mol. The van der Waals surface area contributed by atoms with E-state index in [9.17, 15) is 4.79 Å². The van der Waals surface area contributed by atoms with Gasteiger partial charge in [-0.1, -0.05) is 12.1 Å². The lowest BCUT2D eigenvalue weighted by molar-refractivity contribution is 0.153. The maximum absolute atomic E-state index is 12.5. The monoisotopic (exact) mass is 418 g/mol. The smallest absolute Gasteiger partial charge is 0.319 e. The number of aromatic nitrogens is 2. The molecule has 7 heteroatoms. The van der Waals surface area contributed by atoms with Crippen LogP contribution in [0.15, 0.2) is 41.4 Å². The molecule has 2 atom stereocenters. The van der Waals surface area contributed by atoms with Crippen molar-refractivity contribution < 1.29 is 4.79 Å². The van der Waals surface area contributed by atoms with Gasteiger partial charge >= 0.3 is 6.03 Å².